The molecule has 1 aliphatic rings. The summed E-state index contributed by atoms with van der Waals surface area (Å²) >= 11 is 0. The molecule has 1 amide bonds. The fraction of sp³-hybridized carbons (Fsp3) is 0.438. The van der Waals surface area contributed by atoms with E-state index < -0.39 is 0 Å². The van der Waals surface area contributed by atoms with Gasteiger partial charge in [0, 0.05) is 25.1 Å². The summed E-state index contributed by atoms with van der Waals surface area (Å²) in [6.07, 6.45) is 1.17. The number of anilines is 1. The number of nitrogens with zero attached hydrogens (tertiary/aromatic N) is 3. The van der Waals surface area contributed by atoms with E-state index in [1.165, 1.54) is 0 Å². The number of hydrogen-bond donors (Lipinski definition) is 0. The van der Waals surface area contributed by atoms with Crippen LogP contribution in [-0.4, -0.2) is 22.6 Å². The van der Waals surface area contributed by atoms with Gasteiger partial charge in [0.1, 0.15) is 0 Å². The van der Waals surface area contributed by atoms with Crippen molar-refractivity contribution in [2.45, 2.75) is 39.5 Å². The van der Waals surface area contributed by atoms with Crippen LogP contribution in [0.4, 0.5) is 5.69 Å². The zero-order chi connectivity index (χ0) is 15.0. The van der Waals surface area contributed by atoms with Crippen LogP contribution < -0.4 is 4.90 Å². The van der Waals surface area contributed by atoms with Gasteiger partial charge in [0.2, 0.25) is 11.8 Å². The van der Waals surface area contributed by atoms with Gasteiger partial charge in [-0.2, -0.15) is 4.98 Å². The van der Waals surface area contributed by atoms with Crippen molar-refractivity contribution >= 4 is 11.6 Å². The first-order valence-corrected chi connectivity index (χ1v) is 7.28. The highest BCUT2D eigenvalue weighted by molar-refractivity contribution is 5.97. The summed E-state index contributed by atoms with van der Waals surface area (Å²) < 4.78 is 5.29. The predicted octanol–water partition coefficient (Wildman–Crippen LogP) is 2.77. The van der Waals surface area contributed by atoms with Crippen LogP contribution in [0.15, 0.2) is 22.7 Å². The van der Waals surface area contributed by atoms with Crippen molar-refractivity contribution in [3.63, 3.8) is 0 Å². The molecule has 5 heteroatoms. The molecule has 2 aromatic rings. The van der Waals surface area contributed by atoms with Crippen molar-refractivity contribution in [1.82, 2.24) is 10.1 Å². The minimum Gasteiger partial charge on any atom is -0.339 e. The van der Waals surface area contributed by atoms with Crippen LogP contribution >= 0.6 is 0 Å². The van der Waals surface area contributed by atoms with E-state index in [0.29, 0.717) is 24.7 Å². The molecule has 1 atom stereocenters. The lowest BCUT2D eigenvalue weighted by Gasteiger charge is -2.19. The summed E-state index contributed by atoms with van der Waals surface area (Å²) in [6, 6.07) is 6.16. The molecule has 0 radical (unpaired) electrons. The Bertz CT molecular complexity index is 678. The van der Waals surface area contributed by atoms with Gasteiger partial charge in [-0.05, 0) is 31.0 Å². The van der Waals surface area contributed by atoms with Crippen LogP contribution in [-0.2, 0) is 11.2 Å². The quantitative estimate of drug-likeness (QED) is 0.870. The lowest BCUT2D eigenvalue weighted by molar-refractivity contribution is -0.117. The Labute approximate surface area is 124 Å². The van der Waals surface area contributed by atoms with Gasteiger partial charge >= 0.3 is 0 Å². The highest BCUT2D eigenvalue weighted by Gasteiger charge is 2.35. The number of amides is 1. The maximum Gasteiger partial charge on any atom is 0.232 e. The summed E-state index contributed by atoms with van der Waals surface area (Å²) in [5, 5.41) is 3.92. The van der Waals surface area contributed by atoms with Gasteiger partial charge in [0.15, 0.2) is 5.82 Å². The summed E-state index contributed by atoms with van der Waals surface area (Å²) in [5.41, 5.74) is 3.24. The van der Waals surface area contributed by atoms with E-state index in [9.17, 15) is 4.79 Å². The van der Waals surface area contributed by atoms with E-state index in [4.69, 9.17) is 4.52 Å². The SMILES string of the molecule is CCc1noc([C@H]2CC(=O)N(c3cc(C)ccc3C)C2)n1. The molecule has 0 N–H and O–H groups in total. The average molecular weight is 285 g/mol. The molecule has 0 aliphatic carbocycles. The lowest BCUT2D eigenvalue weighted by atomic mass is 10.1. The maximum absolute atomic E-state index is 12.3. The molecule has 3 rings (SSSR count). The molecule has 2 heterocycles. The normalized spacial score (nSPS) is 18.5. The molecular weight excluding hydrogens is 266 g/mol. The van der Waals surface area contributed by atoms with Crippen LogP contribution in [0.5, 0.6) is 0 Å². The average Bonchev–Trinajstić information content (AvgIpc) is 3.08. The first kappa shape index (κ1) is 13.8. The summed E-state index contributed by atoms with van der Waals surface area (Å²) in [6.45, 7) is 6.65. The summed E-state index contributed by atoms with van der Waals surface area (Å²) in [5.74, 6) is 1.38. The van der Waals surface area contributed by atoms with E-state index in [-0.39, 0.29) is 11.8 Å². The third-order valence-corrected chi connectivity index (χ3v) is 3.93. The third kappa shape index (κ3) is 2.55. The van der Waals surface area contributed by atoms with E-state index in [1.54, 1.807) is 0 Å². The van der Waals surface area contributed by atoms with Gasteiger partial charge in [-0.25, -0.2) is 0 Å². The number of aryl methyl sites for hydroxylation is 3. The molecule has 0 unspecified atom stereocenters. The van der Waals surface area contributed by atoms with Crippen molar-refractivity contribution in [3.8, 4) is 0 Å². The number of hydrogen-bond acceptors (Lipinski definition) is 4. The fourth-order valence-corrected chi connectivity index (χ4v) is 2.69. The first-order chi connectivity index (χ1) is 10.1. The molecule has 1 aromatic heterocycles. The zero-order valence-electron chi connectivity index (χ0n) is 12.6. The third-order valence-electron chi connectivity index (χ3n) is 3.93. The minimum absolute atomic E-state index is 0.00906. The minimum atomic E-state index is -0.00906. The Morgan fingerprint density at radius 2 is 2.19 bits per heavy atom. The van der Waals surface area contributed by atoms with Gasteiger partial charge in [0.25, 0.3) is 0 Å². The predicted molar refractivity (Wildman–Crippen MR) is 79.3 cm³/mol. The Balaban J connectivity index is 1.86. The fourth-order valence-electron chi connectivity index (χ4n) is 2.69. The molecule has 1 aromatic carbocycles. The molecule has 1 fully saturated rings. The summed E-state index contributed by atoms with van der Waals surface area (Å²) in [4.78, 5) is 18.5. The second-order valence-electron chi connectivity index (χ2n) is 5.60. The van der Waals surface area contributed by atoms with Gasteiger partial charge in [-0.3, -0.25) is 4.79 Å². The van der Waals surface area contributed by atoms with Crippen LogP contribution in [0, 0.1) is 13.8 Å². The van der Waals surface area contributed by atoms with Crippen molar-refractivity contribution in [2.75, 3.05) is 11.4 Å². The van der Waals surface area contributed by atoms with E-state index in [1.807, 2.05) is 31.7 Å². The van der Waals surface area contributed by atoms with Gasteiger partial charge in [-0.15, -0.1) is 0 Å². The lowest BCUT2D eigenvalue weighted by Crippen LogP contribution is -2.25. The van der Waals surface area contributed by atoms with Crippen LogP contribution in [0.3, 0.4) is 0 Å². The van der Waals surface area contributed by atoms with Crippen LogP contribution in [0.25, 0.3) is 0 Å². The highest BCUT2D eigenvalue weighted by Crippen LogP contribution is 2.33. The van der Waals surface area contributed by atoms with E-state index in [0.717, 1.165) is 23.2 Å². The van der Waals surface area contributed by atoms with Gasteiger partial charge in [-0.1, -0.05) is 24.2 Å². The molecule has 0 saturated carbocycles. The van der Waals surface area contributed by atoms with Crippen molar-refractivity contribution in [1.29, 1.82) is 0 Å². The Kier molecular flexibility index (Phi) is 3.49. The molecule has 0 spiro atoms. The van der Waals surface area contributed by atoms with Crippen LogP contribution in [0.2, 0.25) is 0 Å². The maximum atomic E-state index is 12.3. The number of rotatable bonds is 3. The number of carbonyl (C=O) groups is 1. The van der Waals surface area contributed by atoms with Crippen molar-refractivity contribution < 1.29 is 9.32 Å². The molecule has 0 bridgehead atoms. The smallest absolute Gasteiger partial charge is 0.232 e. The summed E-state index contributed by atoms with van der Waals surface area (Å²) in [7, 11) is 0. The first-order valence-electron chi connectivity index (χ1n) is 7.28. The Hall–Kier alpha value is -2.17. The van der Waals surface area contributed by atoms with Gasteiger partial charge in [0.05, 0.1) is 5.92 Å². The number of carbonyl (C=O) groups excluding carboxylic acids is 1. The molecule has 5 nitrogen and oxygen atoms in total. The van der Waals surface area contributed by atoms with Crippen LogP contribution in [0.1, 0.15) is 42.1 Å². The molecule has 1 aliphatic heterocycles. The van der Waals surface area contributed by atoms with Crippen molar-refractivity contribution in [3.05, 3.63) is 41.0 Å². The van der Waals surface area contributed by atoms with E-state index in [2.05, 4.69) is 22.3 Å². The number of benzene rings is 1. The topological polar surface area (TPSA) is 59.2 Å². The Morgan fingerprint density at radius 1 is 1.38 bits per heavy atom. The second-order valence-corrected chi connectivity index (χ2v) is 5.60. The number of aromatic nitrogens is 2. The zero-order valence-corrected chi connectivity index (χ0v) is 12.6. The standard InChI is InChI=1S/C16H19N3O2/c1-4-14-17-16(21-18-14)12-8-15(20)19(9-12)13-7-10(2)5-6-11(13)3/h5-7,12H,4,8-9H2,1-3H3/t12-/m0/s1. The largest absolute Gasteiger partial charge is 0.339 e. The molecule has 1 saturated heterocycles. The second kappa shape index (κ2) is 5.31. The molecule has 21 heavy (non-hydrogen) atoms. The highest BCUT2D eigenvalue weighted by atomic mass is 16.5. The van der Waals surface area contributed by atoms with Gasteiger partial charge < -0.3 is 9.42 Å². The molecular formula is C16H19N3O2. The monoisotopic (exact) mass is 285 g/mol. The van der Waals surface area contributed by atoms with Crippen molar-refractivity contribution in [2.24, 2.45) is 0 Å². The van der Waals surface area contributed by atoms with E-state index >= 15 is 0 Å². The Morgan fingerprint density at radius 3 is 2.90 bits per heavy atom. The molecule has 110 valence electrons.